The summed E-state index contributed by atoms with van der Waals surface area (Å²) < 4.78 is 18.9. The van der Waals surface area contributed by atoms with Gasteiger partial charge in [0.15, 0.2) is 0 Å². The number of imide groups is 1. The summed E-state index contributed by atoms with van der Waals surface area (Å²) in [5, 5.41) is 3.06. The van der Waals surface area contributed by atoms with E-state index in [4.69, 9.17) is 4.74 Å². The zero-order valence-corrected chi connectivity index (χ0v) is 15.3. The third-order valence-electron chi connectivity index (χ3n) is 4.19. The van der Waals surface area contributed by atoms with Crippen LogP contribution in [0.15, 0.2) is 54.2 Å². The van der Waals surface area contributed by atoms with Gasteiger partial charge in [-0.1, -0.05) is 25.1 Å². The van der Waals surface area contributed by atoms with Crippen molar-refractivity contribution in [3.63, 3.8) is 0 Å². The zero-order chi connectivity index (χ0) is 19.4. The van der Waals surface area contributed by atoms with Crippen molar-refractivity contribution < 1.29 is 18.7 Å². The average molecular weight is 368 g/mol. The van der Waals surface area contributed by atoms with E-state index in [2.05, 4.69) is 5.32 Å². The lowest BCUT2D eigenvalue weighted by atomic mass is 10.0. The van der Waals surface area contributed by atoms with E-state index < -0.39 is 17.6 Å². The van der Waals surface area contributed by atoms with Crippen LogP contribution in [-0.4, -0.2) is 29.9 Å². The van der Waals surface area contributed by atoms with Gasteiger partial charge in [0.2, 0.25) is 0 Å². The van der Waals surface area contributed by atoms with E-state index in [0.717, 1.165) is 6.42 Å². The molecule has 2 aromatic carbocycles. The smallest absolute Gasteiger partial charge is 0.278 e. The Hall–Kier alpha value is -3.15. The van der Waals surface area contributed by atoms with Crippen LogP contribution >= 0.6 is 0 Å². The topological polar surface area (TPSA) is 58.6 Å². The van der Waals surface area contributed by atoms with E-state index in [0.29, 0.717) is 23.6 Å². The van der Waals surface area contributed by atoms with E-state index >= 15 is 0 Å². The molecule has 1 N–H and O–H groups in total. The summed E-state index contributed by atoms with van der Waals surface area (Å²) in [4.78, 5) is 26.6. The molecule has 2 amide bonds. The van der Waals surface area contributed by atoms with E-state index in [1.165, 1.54) is 29.2 Å². The van der Waals surface area contributed by atoms with Gasteiger partial charge in [-0.05, 0) is 43.2 Å². The normalized spacial score (nSPS) is 14.1. The van der Waals surface area contributed by atoms with Gasteiger partial charge in [-0.2, -0.15) is 0 Å². The minimum Gasteiger partial charge on any atom is -0.494 e. The summed E-state index contributed by atoms with van der Waals surface area (Å²) in [5.74, 6) is -0.523. The van der Waals surface area contributed by atoms with Crippen LogP contribution in [0.5, 0.6) is 5.75 Å². The summed E-state index contributed by atoms with van der Waals surface area (Å²) >= 11 is 0. The molecule has 140 valence electrons. The predicted octanol–water partition coefficient (Wildman–Crippen LogP) is 3.83. The Morgan fingerprint density at radius 1 is 1.04 bits per heavy atom. The molecular weight excluding hydrogens is 347 g/mol. The van der Waals surface area contributed by atoms with Crippen LogP contribution in [0.2, 0.25) is 0 Å². The van der Waals surface area contributed by atoms with Crippen molar-refractivity contribution in [2.45, 2.75) is 20.3 Å². The first-order valence-corrected chi connectivity index (χ1v) is 8.91. The maximum absolute atomic E-state index is 13.3. The molecule has 0 unspecified atom stereocenters. The van der Waals surface area contributed by atoms with Crippen LogP contribution in [-0.2, 0) is 9.59 Å². The molecule has 0 aliphatic carbocycles. The zero-order valence-electron chi connectivity index (χ0n) is 15.3. The van der Waals surface area contributed by atoms with Gasteiger partial charge in [0.25, 0.3) is 11.8 Å². The standard InChI is InChI=1S/C21H21FN2O3/c1-3-12-27-17-7-5-6-16(13-17)23-19-18(14-8-10-15(22)11-9-14)20(25)24(4-2)21(19)26/h5-11,13,23H,3-4,12H2,1-2H3. The van der Waals surface area contributed by atoms with Crippen molar-refractivity contribution in [1.82, 2.24) is 4.90 Å². The Balaban J connectivity index is 1.99. The van der Waals surface area contributed by atoms with Gasteiger partial charge in [0.1, 0.15) is 17.3 Å². The molecule has 0 saturated heterocycles. The highest BCUT2D eigenvalue weighted by atomic mass is 19.1. The van der Waals surface area contributed by atoms with Crippen LogP contribution in [0.25, 0.3) is 5.57 Å². The fourth-order valence-corrected chi connectivity index (χ4v) is 2.89. The average Bonchev–Trinajstić information content (AvgIpc) is 2.90. The molecule has 0 saturated carbocycles. The van der Waals surface area contributed by atoms with Gasteiger partial charge in [0, 0.05) is 18.3 Å². The fraction of sp³-hybridized carbons (Fsp3) is 0.238. The van der Waals surface area contributed by atoms with Gasteiger partial charge in [-0.15, -0.1) is 0 Å². The number of halogens is 1. The largest absolute Gasteiger partial charge is 0.494 e. The number of nitrogens with one attached hydrogen (secondary N) is 1. The molecule has 0 fully saturated rings. The lowest BCUT2D eigenvalue weighted by Gasteiger charge is -2.12. The summed E-state index contributed by atoms with van der Waals surface area (Å²) in [5.41, 5.74) is 1.55. The van der Waals surface area contributed by atoms with Crippen molar-refractivity contribution in [3.8, 4) is 5.75 Å². The Morgan fingerprint density at radius 3 is 2.44 bits per heavy atom. The van der Waals surface area contributed by atoms with Gasteiger partial charge in [-0.3, -0.25) is 14.5 Å². The minimum absolute atomic E-state index is 0.182. The molecule has 5 nitrogen and oxygen atoms in total. The highest BCUT2D eigenvalue weighted by molar-refractivity contribution is 6.36. The van der Waals surface area contributed by atoms with E-state index in [1.54, 1.807) is 19.1 Å². The van der Waals surface area contributed by atoms with Crippen LogP contribution in [0.4, 0.5) is 10.1 Å². The number of carbonyl (C=O) groups is 2. The Kier molecular flexibility index (Phi) is 5.54. The van der Waals surface area contributed by atoms with Crippen LogP contribution in [0.1, 0.15) is 25.8 Å². The number of amides is 2. The second-order valence-corrected chi connectivity index (χ2v) is 6.11. The Labute approximate surface area is 157 Å². The van der Waals surface area contributed by atoms with Gasteiger partial charge in [-0.25, -0.2) is 4.39 Å². The molecule has 0 atom stereocenters. The van der Waals surface area contributed by atoms with Gasteiger partial charge in [0.05, 0.1) is 12.2 Å². The molecular formula is C21H21FN2O3. The molecule has 0 spiro atoms. The second kappa shape index (κ2) is 8.03. The fourth-order valence-electron chi connectivity index (χ4n) is 2.89. The number of benzene rings is 2. The molecule has 6 heteroatoms. The lowest BCUT2D eigenvalue weighted by molar-refractivity contribution is -0.136. The third-order valence-corrected chi connectivity index (χ3v) is 4.19. The molecule has 2 aromatic rings. The predicted molar refractivity (Wildman–Crippen MR) is 102 cm³/mol. The van der Waals surface area contributed by atoms with Crippen LogP contribution in [0.3, 0.4) is 0 Å². The number of likely N-dealkylation sites (N-methyl/N-ethyl adjacent to an activating group) is 1. The molecule has 0 bridgehead atoms. The summed E-state index contributed by atoms with van der Waals surface area (Å²) in [6, 6.07) is 12.7. The van der Waals surface area contributed by atoms with Gasteiger partial charge < -0.3 is 10.1 Å². The lowest BCUT2D eigenvalue weighted by Crippen LogP contribution is -2.32. The number of carbonyl (C=O) groups excluding carboxylic acids is 2. The molecule has 3 rings (SSSR count). The van der Waals surface area contributed by atoms with E-state index in [1.807, 2.05) is 19.1 Å². The number of ether oxygens (including phenoxy) is 1. The molecule has 1 aliphatic heterocycles. The summed E-state index contributed by atoms with van der Waals surface area (Å²) in [6.45, 7) is 4.60. The Morgan fingerprint density at radius 2 is 1.78 bits per heavy atom. The molecule has 0 aromatic heterocycles. The first-order chi connectivity index (χ1) is 13.0. The highest BCUT2D eigenvalue weighted by Crippen LogP contribution is 2.31. The summed E-state index contributed by atoms with van der Waals surface area (Å²) in [7, 11) is 0. The monoisotopic (exact) mass is 368 g/mol. The van der Waals surface area contributed by atoms with Crippen molar-refractivity contribution in [1.29, 1.82) is 0 Å². The van der Waals surface area contributed by atoms with E-state index in [-0.39, 0.29) is 17.8 Å². The van der Waals surface area contributed by atoms with Crippen molar-refractivity contribution in [2.24, 2.45) is 0 Å². The minimum atomic E-state index is -0.404. The highest BCUT2D eigenvalue weighted by Gasteiger charge is 2.38. The number of nitrogens with zero attached hydrogens (tertiary/aromatic N) is 1. The third kappa shape index (κ3) is 3.84. The number of hydrogen-bond acceptors (Lipinski definition) is 4. The van der Waals surface area contributed by atoms with E-state index in [9.17, 15) is 14.0 Å². The first-order valence-electron chi connectivity index (χ1n) is 8.91. The number of rotatable bonds is 7. The van der Waals surface area contributed by atoms with Crippen molar-refractivity contribution >= 4 is 23.1 Å². The maximum atomic E-state index is 13.3. The second-order valence-electron chi connectivity index (χ2n) is 6.11. The number of hydrogen-bond donors (Lipinski definition) is 1. The summed E-state index contributed by atoms with van der Waals surface area (Å²) in [6.07, 6.45) is 0.885. The van der Waals surface area contributed by atoms with Crippen molar-refractivity contribution in [2.75, 3.05) is 18.5 Å². The molecule has 1 aliphatic rings. The quantitative estimate of drug-likeness (QED) is 0.755. The van der Waals surface area contributed by atoms with Crippen LogP contribution < -0.4 is 10.1 Å². The van der Waals surface area contributed by atoms with Crippen LogP contribution in [0, 0.1) is 5.82 Å². The maximum Gasteiger partial charge on any atom is 0.278 e. The molecule has 1 heterocycles. The Bertz CT molecular complexity index is 891. The molecule has 27 heavy (non-hydrogen) atoms. The first kappa shape index (κ1) is 18.6. The number of anilines is 1. The SMILES string of the molecule is CCCOc1cccc(NC2=C(c3ccc(F)cc3)C(=O)N(CC)C2=O)c1. The van der Waals surface area contributed by atoms with Crippen molar-refractivity contribution in [3.05, 3.63) is 65.6 Å². The molecule has 0 radical (unpaired) electrons. The van der Waals surface area contributed by atoms with Gasteiger partial charge >= 0.3 is 0 Å².